The lowest BCUT2D eigenvalue weighted by atomic mass is 9.95. The Bertz CT molecular complexity index is 521. The van der Waals surface area contributed by atoms with Crippen LogP contribution in [0.3, 0.4) is 0 Å². The maximum Gasteiger partial charge on any atom is 0.321 e. The molecule has 0 bridgehead atoms. The second-order valence-electron chi connectivity index (χ2n) is 7.47. The first-order chi connectivity index (χ1) is 11.4. The summed E-state index contributed by atoms with van der Waals surface area (Å²) in [6, 6.07) is 8.64. The smallest absolute Gasteiger partial charge is 0.321 e. The number of carbonyl (C=O) groups excluding carboxylic acids is 1. The van der Waals surface area contributed by atoms with E-state index in [1.54, 1.807) is 0 Å². The highest BCUT2D eigenvalue weighted by molar-refractivity contribution is 8.00. The molecule has 1 aromatic rings. The molecule has 134 valence electrons. The van der Waals surface area contributed by atoms with E-state index >= 15 is 0 Å². The maximum absolute atomic E-state index is 12.4. The molecule has 1 N–H and O–H groups in total. The summed E-state index contributed by atoms with van der Waals surface area (Å²) in [5, 5.41) is 3.03. The number of rotatable bonds is 6. The maximum atomic E-state index is 12.4. The van der Waals surface area contributed by atoms with E-state index in [0.717, 1.165) is 18.5 Å². The van der Waals surface area contributed by atoms with E-state index in [-0.39, 0.29) is 10.8 Å². The largest absolute Gasteiger partial charge is 0.325 e. The van der Waals surface area contributed by atoms with Crippen molar-refractivity contribution in [2.75, 3.05) is 12.4 Å². The monoisotopic (exact) mass is 348 g/mol. The number of hydrogen-bond acceptors (Lipinski definition) is 2. The highest BCUT2D eigenvalue weighted by Crippen LogP contribution is 2.36. The van der Waals surface area contributed by atoms with Crippen molar-refractivity contribution in [1.29, 1.82) is 0 Å². The van der Waals surface area contributed by atoms with Gasteiger partial charge in [0.1, 0.15) is 0 Å². The number of thioether (sulfide) groups is 1. The van der Waals surface area contributed by atoms with Gasteiger partial charge in [0.05, 0.1) is 0 Å². The SMILES string of the molecule is CCCC(C)(C)Sc1ccc(NC(=O)N(C)C2CCCCC2)cc1. The normalized spacial score (nSPS) is 16.0. The van der Waals surface area contributed by atoms with E-state index in [1.807, 2.05) is 35.8 Å². The van der Waals surface area contributed by atoms with Crippen LogP contribution in [-0.4, -0.2) is 28.8 Å². The fourth-order valence-electron chi connectivity index (χ4n) is 3.42. The minimum atomic E-state index is 0.00798. The van der Waals surface area contributed by atoms with Gasteiger partial charge in [0.15, 0.2) is 0 Å². The third kappa shape index (κ3) is 5.73. The zero-order valence-corrected chi connectivity index (χ0v) is 16.4. The van der Waals surface area contributed by atoms with Gasteiger partial charge in [0.25, 0.3) is 0 Å². The van der Waals surface area contributed by atoms with Crippen LogP contribution in [0.25, 0.3) is 0 Å². The second-order valence-corrected chi connectivity index (χ2v) is 9.25. The molecular formula is C20H32N2OS. The number of nitrogens with one attached hydrogen (secondary N) is 1. The molecule has 1 saturated carbocycles. The molecule has 0 unspecified atom stereocenters. The van der Waals surface area contributed by atoms with Crippen LogP contribution in [0.2, 0.25) is 0 Å². The van der Waals surface area contributed by atoms with Crippen molar-refractivity contribution in [3.63, 3.8) is 0 Å². The van der Waals surface area contributed by atoms with Gasteiger partial charge in [-0.05, 0) is 43.5 Å². The molecule has 0 spiro atoms. The number of carbonyl (C=O) groups is 1. The first-order valence-corrected chi connectivity index (χ1v) is 10.1. The first kappa shape index (κ1) is 19.2. The molecule has 0 aromatic heterocycles. The predicted octanol–water partition coefficient (Wildman–Crippen LogP) is 6.15. The van der Waals surface area contributed by atoms with Gasteiger partial charge >= 0.3 is 6.03 Å². The minimum absolute atomic E-state index is 0.00798. The molecule has 1 fully saturated rings. The number of hydrogen-bond donors (Lipinski definition) is 1. The van der Waals surface area contributed by atoms with Crippen LogP contribution < -0.4 is 5.32 Å². The summed E-state index contributed by atoms with van der Waals surface area (Å²) in [5.74, 6) is 0. The molecular weight excluding hydrogens is 316 g/mol. The third-order valence-electron chi connectivity index (χ3n) is 4.79. The Morgan fingerprint density at radius 2 is 1.83 bits per heavy atom. The van der Waals surface area contributed by atoms with Gasteiger partial charge in [-0.15, -0.1) is 11.8 Å². The average molecular weight is 349 g/mol. The molecule has 4 heteroatoms. The fourth-order valence-corrected chi connectivity index (χ4v) is 4.64. The summed E-state index contributed by atoms with van der Waals surface area (Å²) in [6.07, 6.45) is 8.44. The molecule has 0 heterocycles. The van der Waals surface area contributed by atoms with Crippen molar-refractivity contribution in [3.8, 4) is 0 Å². The van der Waals surface area contributed by atoms with Crippen LogP contribution in [0.15, 0.2) is 29.2 Å². The summed E-state index contributed by atoms with van der Waals surface area (Å²) in [4.78, 5) is 15.6. The van der Waals surface area contributed by atoms with E-state index in [9.17, 15) is 4.79 Å². The Labute approximate surface area is 151 Å². The van der Waals surface area contributed by atoms with Gasteiger partial charge in [0, 0.05) is 28.4 Å². The molecule has 0 saturated heterocycles. The molecule has 1 aliphatic rings. The highest BCUT2D eigenvalue weighted by Gasteiger charge is 2.22. The van der Waals surface area contributed by atoms with Gasteiger partial charge < -0.3 is 10.2 Å². The quantitative estimate of drug-likeness (QED) is 0.625. The predicted molar refractivity (Wildman–Crippen MR) is 105 cm³/mol. The molecule has 2 amide bonds. The minimum Gasteiger partial charge on any atom is -0.325 e. The summed E-state index contributed by atoms with van der Waals surface area (Å²) in [6.45, 7) is 6.80. The van der Waals surface area contributed by atoms with Gasteiger partial charge in [0.2, 0.25) is 0 Å². The number of amides is 2. The van der Waals surface area contributed by atoms with Crippen molar-refractivity contribution in [1.82, 2.24) is 4.90 Å². The van der Waals surface area contributed by atoms with Crippen LogP contribution in [0, 0.1) is 0 Å². The van der Waals surface area contributed by atoms with Crippen LogP contribution in [0.4, 0.5) is 10.5 Å². The fraction of sp³-hybridized carbons (Fsp3) is 0.650. The number of benzene rings is 1. The average Bonchev–Trinajstić information content (AvgIpc) is 2.56. The number of nitrogens with zero attached hydrogens (tertiary/aromatic N) is 1. The van der Waals surface area contributed by atoms with Crippen LogP contribution in [-0.2, 0) is 0 Å². The van der Waals surface area contributed by atoms with Crippen LogP contribution >= 0.6 is 11.8 Å². The molecule has 0 radical (unpaired) electrons. The van der Waals surface area contributed by atoms with Gasteiger partial charge in [-0.25, -0.2) is 4.79 Å². The first-order valence-electron chi connectivity index (χ1n) is 9.24. The van der Waals surface area contributed by atoms with E-state index in [1.165, 1.54) is 37.0 Å². The highest BCUT2D eigenvalue weighted by atomic mass is 32.2. The van der Waals surface area contributed by atoms with Crippen molar-refractivity contribution in [2.24, 2.45) is 0 Å². The van der Waals surface area contributed by atoms with Gasteiger partial charge in [-0.1, -0.05) is 46.5 Å². The molecule has 1 aliphatic carbocycles. The Kier molecular flexibility index (Phi) is 7.02. The van der Waals surface area contributed by atoms with E-state index < -0.39 is 0 Å². The van der Waals surface area contributed by atoms with Crippen molar-refractivity contribution in [3.05, 3.63) is 24.3 Å². The number of urea groups is 1. The second kappa shape index (κ2) is 8.80. The molecule has 0 atom stereocenters. The van der Waals surface area contributed by atoms with Gasteiger partial charge in [-0.2, -0.15) is 0 Å². The van der Waals surface area contributed by atoms with Crippen LogP contribution in [0.1, 0.15) is 65.7 Å². The van der Waals surface area contributed by atoms with Crippen molar-refractivity contribution in [2.45, 2.75) is 81.4 Å². The lowest BCUT2D eigenvalue weighted by molar-refractivity contribution is 0.186. The summed E-state index contributed by atoms with van der Waals surface area (Å²) < 4.78 is 0.251. The molecule has 24 heavy (non-hydrogen) atoms. The molecule has 3 nitrogen and oxygen atoms in total. The van der Waals surface area contributed by atoms with Crippen molar-refractivity contribution < 1.29 is 4.79 Å². The van der Waals surface area contributed by atoms with E-state index in [0.29, 0.717) is 6.04 Å². The number of anilines is 1. The third-order valence-corrected chi connectivity index (χ3v) is 6.06. The standard InChI is InChI=1S/C20H32N2OS/c1-5-15-20(2,3)24-18-13-11-16(12-14-18)21-19(23)22(4)17-9-7-6-8-10-17/h11-14,17H,5-10,15H2,1-4H3,(H,21,23). The zero-order chi connectivity index (χ0) is 17.6. The molecule has 2 rings (SSSR count). The van der Waals surface area contributed by atoms with Crippen molar-refractivity contribution >= 4 is 23.5 Å². The summed E-state index contributed by atoms with van der Waals surface area (Å²) in [5.41, 5.74) is 0.875. The topological polar surface area (TPSA) is 32.3 Å². The Balaban J connectivity index is 1.89. The van der Waals surface area contributed by atoms with E-state index in [2.05, 4.69) is 38.2 Å². The lowest BCUT2D eigenvalue weighted by Gasteiger charge is -2.31. The van der Waals surface area contributed by atoms with Crippen LogP contribution in [0.5, 0.6) is 0 Å². The molecule has 1 aromatic carbocycles. The Hall–Kier alpha value is -1.16. The zero-order valence-electron chi connectivity index (χ0n) is 15.6. The lowest BCUT2D eigenvalue weighted by Crippen LogP contribution is -2.40. The Morgan fingerprint density at radius 3 is 2.42 bits per heavy atom. The van der Waals surface area contributed by atoms with E-state index in [4.69, 9.17) is 0 Å². The Morgan fingerprint density at radius 1 is 1.21 bits per heavy atom. The van der Waals surface area contributed by atoms with Gasteiger partial charge in [-0.3, -0.25) is 0 Å². The molecule has 0 aliphatic heterocycles. The summed E-state index contributed by atoms with van der Waals surface area (Å²) in [7, 11) is 1.92. The summed E-state index contributed by atoms with van der Waals surface area (Å²) >= 11 is 1.90.